The maximum atomic E-state index is 5.36. The predicted octanol–water partition coefficient (Wildman–Crippen LogP) is 0.683. The van der Waals surface area contributed by atoms with Crippen LogP contribution < -0.4 is 16.2 Å². The van der Waals surface area contributed by atoms with Gasteiger partial charge in [-0.2, -0.15) is 0 Å². The van der Waals surface area contributed by atoms with Crippen LogP contribution in [0, 0.1) is 0 Å². The van der Waals surface area contributed by atoms with E-state index in [2.05, 4.69) is 46.3 Å². The Morgan fingerprint density at radius 3 is 2.56 bits per heavy atom. The minimum absolute atomic E-state index is 0.288. The molecule has 2 rings (SSSR count). The van der Waals surface area contributed by atoms with E-state index in [0.717, 1.165) is 12.4 Å². The molecule has 1 fully saturated rings. The summed E-state index contributed by atoms with van der Waals surface area (Å²) in [6.45, 7) is 0.973. The average Bonchev–Trinajstić information content (AvgIpc) is 2.33. The third-order valence-corrected chi connectivity index (χ3v) is 3.96. The van der Waals surface area contributed by atoms with Gasteiger partial charge in [0.1, 0.15) is 18.0 Å². The Morgan fingerprint density at radius 1 is 1.33 bits per heavy atom. The van der Waals surface area contributed by atoms with Gasteiger partial charge in [-0.3, -0.25) is 0 Å². The van der Waals surface area contributed by atoms with Gasteiger partial charge in [0.2, 0.25) is 0 Å². The van der Waals surface area contributed by atoms with Crippen LogP contribution in [0.15, 0.2) is 12.4 Å². The molecule has 1 aromatic heterocycles. The number of likely N-dealkylation sites (N-methyl/N-ethyl adjacent to an activating group) is 2. The zero-order valence-corrected chi connectivity index (χ0v) is 11.3. The molecule has 0 aromatic carbocycles. The Bertz CT molecular complexity index is 401. The molecule has 1 saturated carbocycles. The number of hydrogen-bond acceptors (Lipinski definition) is 6. The standard InChI is InChI=1S/C12H22N6/c1-17(2)12(5-4-6-12)8-18(3)11-7-10(16-13)14-9-15-11/h7,9H,4-6,8,13H2,1-3H3,(H,14,15,16). The van der Waals surface area contributed by atoms with Crippen LogP contribution in [0.2, 0.25) is 0 Å². The second-order valence-corrected chi connectivity index (χ2v) is 5.23. The van der Waals surface area contributed by atoms with Gasteiger partial charge < -0.3 is 15.2 Å². The first kappa shape index (κ1) is 13.0. The SMILES string of the molecule is CN(CC1(N(C)C)CCC1)c1cc(NN)ncn1. The van der Waals surface area contributed by atoms with Gasteiger partial charge in [-0.25, -0.2) is 15.8 Å². The Kier molecular flexibility index (Phi) is 3.68. The Balaban J connectivity index is 2.09. The van der Waals surface area contributed by atoms with Crippen LogP contribution in [0.5, 0.6) is 0 Å². The van der Waals surface area contributed by atoms with Gasteiger partial charge in [0.05, 0.1) is 0 Å². The summed E-state index contributed by atoms with van der Waals surface area (Å²) in [5.74, 6) is 6.90. The molecule has 100 valence electrons. The molecule has 0 atom stereocenters. The van der Waals surface area contributed by atoms with Crippen molar-refractivity contribution in [1.82, 2.24) is 14.9 Å². The summed E-state index contributed by atoms with van der Waals surface area (Å²) in [4.78, 5) is 12.8. The second kappa shape index (κ2) is 5.07. The normalized spacial score (nSPS) is 17.4. The van der Waals surface area contributed by atoms with E-state index in [1.165, 1.54) is 25.6 Å². The number of anilines is 2. The molecule has 1 aromatic rings. The average molecular weight is 250 g/mol. The van der Waals surface area contributed by atoms with Gasteiger partial charge in [-0.05, 0) is 33.4 Å². The number of aromatic nitrogens is 2. The first-order valence-corrected chi connectivity index (χ1v) is 6.25. The van der Waals surface area contributed by atoms with Crippen molar-refractivity contribution in [3.63, 3.8) is 0 Å². The largest absolute Gasteiger partial charge is 0.358 e. The number of nitrogens with two attached hydrogens (primary N) is 1. The van der Waals surface area contributed by atoms with E-state index in [1.807, 2.05) is 6.07 Å². The van der Waals surface area contributed by atoms with E-state index >= 15 is 0 Å². The summed E-state index contributed by atoms with van der Waals surface area (Å²) in [7, 11) is 6.37. The van der Waals surface area contributed by atoms with Crippen molar-refractivity contribution < 1.29 is 0 Å². The highest BCUT2D eigenvalue weighted by Crippen LogP contribution is 2.37. The lowest BCUT2D eigenvalue weighted by Gasteiger charge is -2.49. The third kappa shape index (κ3) is 2.39. The summed E-state index contributed by atoms with van der Waals surface area (Å²) >= 11 is 0. The van der Waals surface area contributed by atoms with Gasteiger partial charge in [-0.1, -0.05) is 0 Å². The first-order chi connectivity index (χ1) is 8.57. The summed E-state index contributed by atoms with van der Waals surface area (Å²) in [6, 6.07) is 1.86. The number of rotatable bonds is 5. The molecule has 0 bridgehead atoms. The zero-order valence-electron chi connectivity index (χ0n) is 11.3. The molecule has 6 heteroatoms. The fourth-order valence-electron chi connectivity index (χ4n) is 2.49. The van der Waals surface area contributed by atoms with Crippen molar-refractivity contribution in [2.45, 2.75) is 24.8 Å². The molecule has 18 heavy (non-hydrogen) atoms. The van der Waals surface area contributed by atoms with E-state index in [-0.39, 0.29) is 5.54 Å². The Hall–Kier alpha value is -1.40. The fourth-order valence-corrected chi connectivity index (χ4v) is 2.49. The number of nitrogens with zero attached hydrogens (tertiary/aromatic N) is 4. The van der Waals surface area contributed by atoms with Gasteiger partial charge in [0.15, 0.2) is 0 Å². The van der Waals surface area contributed by atoms with Crippen molar-refractivity contribution in [3.8, 4) is 0 Å². The summed E-state index contributed by atoms with van der Waals surface area (Å²) in [6.07, 6.45) is 5.34. The fraction of sp³-hybridized carbons (Fsp3) is 0.667. The first-order valence-electron chi connectivity index (χ1n) is 6.25. The maximum Gasteiger partial charge on any atom is 0.145 e. The minimum Gasteiger partial charge on any atom is -0.358 e. The molecule has 6 nitrogen and oxygen atoms in total. The highest BCUT2D eigenvalue weighted by Gasteiger charge is 2.40. The van der Waals surface area contributed by atoms with Crippen LogP contribution in [0.3, 0.4) is 0 Å². The van der Waals surface area contributed by atoms with Gasteiger partial charge in [0, 0.05) is 25.2 Å². The van der Waals surface area contributed by atoms with E-state index in [0.29, 0.717) is 5.82 Å². The molecule has 0 aliphatic heterocycles. The minimum atomic E-state index is 0.288. The number of hydrogen-bond donors (Lipinski definition) is 2. The molecular formula is C12H22N6. The molecule has 0 saturated heterocycles. The maximum absolute atomic E-state index is 5.36. The zero-order chi connectivity index (χ0) is 13.2. The van der Waals surface area contributed by atoms with Gasteiger partial charge in [-0.15, -0.1) is 0 Å². The number of hydrazine groups is 1. The van der Waals surface area contributed by atoms with Gasteiger partial charge >= 0.3 is 0 Å². The Morgan fingerprint density at radius 2 is 2.06 bits per heavy atom. The molecular weight excluding hydrogens is 228 g/mol. The van der Waals surface area contributed by atoms with Crippen LogP contribution in [0.4, 0.5) is 11.6 Å². The number of nitrogens with one attached hydrogen (secondary N) is 1. The van der Waals surface area contributed by atoms with Crippen molar-refractivity contribution >= 4 is 11.6 Å². The van der Waals surface area contributed by atoms with Crippen molar-refractivity contribution in [3.05, 3.63) is 12.4 Å². The monoisotopic (exact) mass is 250 g/mol. The topological polar surface area (TPSA) is 70.3 Å². The lowest BCUT2D eigenvalue weighted by molar-refractivity contribution is 0.0682. The summed E-state index contributed by atoms with van der Waals surface area (Å²) in [5.41, 5.74) is 2.84. The van der Waals surface area contributed by atoms with Crippen LogP contribution in [0.25, 0.3) is 0 Å². The lowest BCUT2D eigenvalue weighted by Crippen LogP contribution is -2.56. The molecule has 1 aliphatic rings. The van der Waals surface area contributed by atoms with Gasteiger partial charge in [0.25, 0.3) is 0 Å². The molecule has 1 aliphatic carbocycles. The Labute approximate surface area is 108 Å². The van der Waals surface area contributed by atoms with E-state index in [4.69, 9.17) is 5.84 Å². The van der Waals surface area contributed by atoms with Crippen molar-refractivity contribution in [1.29, 1.82) is 0 Å². The predicted molar refractivity (Wildman–Crippen MR) is 73.4 cm³/mol. The van der Waals surface area contributed by atoms with E-state index in [9.17, 15) is 0 Å². The van der Waals surface area contributed by atoms with Crippen molar-refractivity contribution in [2.24, 2.45) is 5.84 Å². The molecule has 0 amide bonds. The van der Waals surface area contributed by atoms with Crippen LogP contribution >= 0.6 is 0 Å². The highest BCUT2D eigenvalue weighted by molar-refractivity contribution is 5.47. The lowest BCUT2D eigenvalue weighted by atomic mass is 9.75. The van der Waals surface area contributed by atoms with Crippen molar-refractivity contribution in [2.75, 3.05) is 38.0 Å². The summed E-state index contributed by atoms with van der Waals surface area (Å²) in [5, 5.41) is 0. The van der Waals surface area contributed by atoms with Crippen LogP contribution in [0.1, 0.15) is 19.3 Å². The molecule has 0 unspecified atom stereocenters. The third-order valence-electron chi connectivity index (χ3n) is 3.96. The number of nitrogen functional groups attached to an aromatic ring is 1. The summed E-state index contributed by atoms with van der Waals surface area (Å²) < 4.78 is 0. The molecule has 3 N–H and O–H groups in total. The quantitative estimate of drug-likeness (QED) is 0.591. The van der Waals surface area contributed by atoms with E-state index < -0.39 is 0 Å². The second-order valence-electron chi connectivity index (χ2n) is 5.23. The molecule has 0 spiro atoms. The highest BCUT2D eigenvalue weighted by atomic mass is 15.3. The van der Waals surface area contributed by atoms with Crippen LogP contribution in [-0.4, -0.2) is 48.1 Å². The smallest absolute Gasteiger partial charge is 0.145 e. The molecule has 1 heterocycles. The molecule has 0 radical (unpaired) electrons. The van der Waals surface area contributed by atoms with E-state index in [1.54, 1.807) is 0 Å². The van der Waals surface area contributed by atoms with Crippen LogP contribution in [-0.2, 0) is 0 Å².